The summed E-state index contributed by atoms with van der Waals surface area (Å²) in [7, 11) is 0. The van der Waals surface area contributed by atoms with E-state index in [2.05, 4.69) is 0 Å². The Labute approximate surface area is 85.5 Å². The van der Waals surface area contributed by atoms with E-state index < -0.39 is 17.3 Å². The Kier molecular flexibility index (Phi) is 3.08. The van der Waals surface area contributed by atoms with Crippen LogP contribution < -0.4 is 11.2 Å². The van der Waals surface area contributed by atoms with Crippen LogP contribution in [0.5, 0.6) is 0 Å². The maximum atomic E-state index is 11.4. The Hall–Kier alpha value is -1.85. The molecule has 0 aliphatic rings. The summed E-state index contributed by atoms with van der Waals surface area (Å²) in [5.41, 5.74) is -1.03. The van der Waals surface area contributed by atoms with Gasteiger partial charge in [-0.05, 0) is 20.8 Å². The van der Waals surface area contributed by atoms with E-state index in [-0.39, 0.29) is 11.7 Å². The zero-order chi connectivity index (χ0) is 11.6. The van der Waals surface area contributed by atoms with Crippen LogP contribution >= 0.6 is 0 Å². The third-order valence-corrected chi connectivity index (χ3v) is 1.65. The lowest BCUT2D eigenvalue weighted by molar-refractivity contribution is 0.116. The summed E-state index contributed by atoms with van der Waals surface area (Å²) in [6, 6.07) is 0. The minimum Gasteiger partial charge on any atom is -0.446 e. The molecule has 0 amide bonds. The van der Waals surface area contributed by atoms with Crippen molar-refractivity contribution in [2.24, 2.45) is 0 Å². The number of hydrogen-bond acceptors (Lipinski definition) is 4. The number of rotatable bonds is 1. The highest BCUT2D eigenvalue weighted by Crippen LogP contribution is 1.93. The lowest BCUT2D eigenvalue weighted by Gasteiger charge is -2.08. The van der Waals surface area contributed by atoms with Crippen LogP contribution in [-0.2, 0) is 4.74 Å². The van der Waals surface area contributed by atoms with Crippen LogP contribution in [-0.4, -0.2) is 21.7 Å². The van der Waals surface area contributed by atoms with Crippen molar-refractivity contribution in [1.29, 1.82) is 0 Å². The molecule has 0 aliphatic carbocycles. The fourth-order valence-electron chi connectivity index (χ4n) is 0.961. The second-order valence-electron chi connectivity index (χ2n) is 3.37. The van der Waals surface area contributed by atoms with Crippen molar-refractivity contribution in [2.45, 2.75) is 26.9 Å². The number of carbonyl (C=O) groups excluding carboxylic acids is 1. The van der Waals surface area contributed by atoms with Crippen LogP contribution in [0.3, 0.4) is 0 Å². The van der Waals surface area contributed by atoms with Crippen molar-refractivity contribution in [1.82, 2.24) is 9.55 Å². The molecule has 0 radical (unpaired) electrons. The lowest BCUT2D eigenvalue weighted by Crippen LogP contribution is -2.35. The molecule has 6 heteroatoms. The molecule has 82 valence electrons. The molecule has 0 aromatic carbocycles. The van der Waals surface area contributed by atoms with E-state index in [1.807, 2.05) is 4.98 Å². The van der Waals surface area contributed by atoms with Gasteiger partial charge in [-0.3, -0.25) is 9.78 Å². The zero-order valence-electron chi connectivity index (χ0n) is 8.73. The first kappa shape index (κ1) is 11.2. The highest BCUT2D eigenvalue weighted by Gasteiger charge is 2.11. The van der Waals surface area contributed by atoms with Gasteiger partial charge in [0.1, 0.15) is 0 Å². The van der Waals surface area contributed by atoms with Crippen molar-refractivity contribution >= 4 is 6.09 Å². The van der Waals surface area contributed by atoms with Gasteiger partial charge >= 0.3 is 11.8 Å². The Morgan fingerprint density at radius 2 is 2.07 bits per heavy atom. The maximum absolute atomic E-state index is 11.4. The molecule has 1 rings (SSSR count). The Bertz CT molecular complexity index is 484. The van der Waals surface area contributed by atoms with Crippen molar-refractivity contribution in [3.63, 3.8) is 0 Å². The topological polar surface area (TPSA) is 81.2 Å². The van der Waals surface area contributed by atoms with Crippen LogP contribution in [0.4, 0.5) is 4.79 Å². The molecule has 1 aromatic heterocycles. The number of aromatic nitrogens is 2. The van der Waals surface area contributed by atoms with Crippen molar-refractivity contribution < 1.29 is 9.53 Å². The number of aromatic amines is 1. The first-order valence-electron chi connectivity index (χ1n) is 4.45. The summed E-state index contributed by atoms with van der Waals surface area (Å²) in [5.74, 6) is 0. The minimum absolute atomic E-state index is 0.273. The molecule has 0 spiro atoms. The number of nitrogens with one attached hydrogen (secondary N) is 1. The van der Waals surface area contributed by atoms with E-state index in [0.29, 0.717) is 0 Å². The number of carbonyl (C=O) groups is 1. The molecule has 0 aliphatic heterocycles. The van der Waals surface area contributed by atoms with E-state index in [1.165, 1.54) is 6.92 Å². The third kappa shape index (κ3) is 2.55. The third-order valence-electron chi connectivity index (χ3n) is 1.65. The highest BCUT2D eigenvalue weighted by molar-refractivity contribution is 5.70. The van der Waals surface area contributed by atoms with Crippen LogP contribution in [0, 0.1) is 6.92 Å². The van der Waals surface area contributed by atoms with Gasteiger partial charge in [0.05, 0.1) is 6.10 Å². The molecular formula is C9H12N2O4. The fourth-order valence-corrected chi connectivity index (χ4v) is 0.961. The average Bonchev–Trinajstić information content (AvgIpc) is 2.09. The minimum atomic E-state index is -0.797. The average molecular weight is 212 g/mol. The molecule has 0 saturated carbocycles. The molecule has 1 aromatic rings. The normalized spacial score (nSPS) is 10.4. The molecule has 0 bridgehead atoms. The van der Waals surface area contributed by atoms with Crippen LogP contribution in [0.15, 0.2) is 15.8 Å². The molecule has 15 heavy (non-hydrogen) atoms. The monoisotopic (exact) mass is 212 g/mol. The summed E-state index contributed by atoms with van der Waals surface area (Å²) in [4.78, 5) is 35.6. The molecule has 0 fully saturated rings. The van der Waals surface area contributed by atoms with Gasteiger partial charge in [0.15, 0.2) is 0 Å². The Morgan fingerprint density at radius 1 is 1.47 bits per heavy atom. The van der Waals surface area contributed by atoms with E-state index in [4.69, 9.17) is 4.74 Å². The van der Waals surface area contributed by atoms with Gasteiger partial charge in [-0.25, -0.2) is 14.2 Å². The predicted molar refractivity (Wildman–Crippen MR) is 53.1 cm³/mol. The van der Waals surface area contributed by atoms with Crippen LogP contribution in [0.25, 0.3) is 0 Å². The van der Waals surface area contributed by atoms with Gasteiger partial charge < -0.3 is 4.74 Å². The maximum Gasteiger partial charge on any atom is 0.422 e. The fraction of sp³-hybridized carbons (Fsp3) is 0.444. The summed E-state index contributed by atoms with van der Waals surface area (Å²) < 4.78 is 5.55. The number of H-pyrrole nitrogens is 1. The standard InChI is InChI=1S/C9H12N2O4/c1-5(2)15-9(14)11-4-6(3)7(12)10-8(11)13/h4-5H,1-3H3,(H,10,12,13). The van der Waals surface area contributed by atoms with E-state index in [0.717, 1.165) is 10.8 Å². The first-order chi connectivity index (χ1) is 6.91. The van der Waals surface area contributed by atoms with Gasteiger partial charge in [-0.1, -0.05) is 0 Å². The molecule has 1 N–H and O–H groups in total. The van der Waals surface area contributed by atoms with E-state index >= 15 is 0 Å². The van der Waals surface area contributed by atoms with Crippen LogP contribution in [0.2, 0.25) is 0 Å². The van der Waals surface area contributed by atoms with Crippen molar-refractivity contribution in [3.05, 3.63) is 32.6 Å². The lowest BCUT2D eigenvalue weighted by atomic mass is 10.4. The number of ether oxygens (including phenoxy) is 1. The molecule has 6 nitrogen and oxygen atoms in total. The second-order valence-corrected chi connectivity index (χ2v) is 3.37. The van der Waals surface area contributed by atoms with Crippen molar-refractivity contribution in [3.8, 4) is 0 Å². The van der Waals surface area contributed by atoms with Crippen molar-refractivity contribution in [2.75, 3.05) is 0 Å². The molecule has 0 unspecified atom stereocenters. The molecule has 0 atom stereocenters. The SMILES string of the molecule is Cc1cn(C(=O)OC(C)C)c(=O)[nH]c1=O. The summed E-state index contributed by atoms with van der Waals surface area (Å²) in [6.45, 7) is 4.83. The number of aryl methyl sites for hydroxylation is 1. The van der Waals surface area contributed by atoms with E-state index in [1.54, 1.807) is 13.8 Å². The number of nitrogens with zero attached hydrogens (tertiary/aromatic N) is 1. The highest BCUT2D eigenvalue weighted by atomic mass is 16.6. The summed E-state index contributed by atoms with van der Waals surface area (Å²) in [6.07, 6.45) is 0.0392. The molecule has 1 heterocycles. The molecule has 0 saturated heterocycles. The Morgan fingerprint density at radius 3 is 2.60 bits per heavy atom. The van der Waals surface area contributed by atoms with Gasteiger partial charge in [-0.2, -0.15) is 0 Å². The van der Waals surface area contributed by atoms with Crippen LogP contribution in [0.1, 0.15) is 19.4 Å². The largest absolute Gasteiger partial charge is 0.446 e. The predicted octanol–water partition coefficient (Wildman–Crippen LogP) is 0.238. The van der Waals surface area contributed by atoms with Gasteiger partial charge in [-0.15, -0.1) is 0 Å². The van der Waals surface area contributed by atoms with Gasteiger partial charge in [0.25, 0.3) is 5.56 Å². The zero-order valence-corrected chi connectivity index (χ0v) is 8.73. The quantitative estimate of drug-likeness (QED) is 0.722. The van der Waals surface area contributed by atoms with Gasteiger partial charge in [0.2, 0.25) is 0 Å². The molecular weight excluding hydrogens is 200 g/mol. The van der Waals surface area contributed by atoms with Gasteiger partial charge in [0, 0.05) is 11.8 Å². The Balaban J connectivity index is 3.16. The summed E-state index contributed by atoms with van der Waals surface area (Å²) >= 11 is 0. The smallest absolute Gasteiger partial charge is 0.422 e. The van der Waals surface area contributed by atoms with E-state index in [9.17, 15) is 14.4 Å². The number of hydrogen-bond donors (Lipinski definition) is 1. The summed E-state index contributed by atoms with van der Waals surface area (Å²) in [5, 5.41) is 0. The first-order valence-corrected chi connectivity index (χ1v) is 4.45. The second kappa shape index (κ2) is 4.12.